The molecule has 1 heterocycles. The zero-order valence-electron chi connectivity index (χ0n) is 11.8. The fourth-order valence-corrected chi connectivity index (χ4v) is 1.58. The third kappa shape index (κ3) is 4.87. The first-order valence-corrected chi connectivity index (χ1v) is 6.62. The van der Waals surface area contributed by atoms with Gasteiger partial charge in [-0.1, -0.05) is 6.92 Å². The van der Waals surface area contributed by atoms with Gasteiger partial charge in [0.25, 0.3) is 0 Å². The molecule has 0 aliphatic carbocycles. The number of aromatic nitrogens is 2. The first kappa shape index (κ1) is 14.7. The molecule has 0 saturated carbocycles. The van der Waals surface area contributed by atoms with Gasteiger partial charge in [-0.15, -0.1) is 0 Å². The fourth-order valence-electron chi connectivity index (χ4n) is 1.58. The summed E-state index contributed by atoms with van der Waals surface area (Å²) in [6.45, 7) is 11.9. The summed E-state index contributed by atoms with van der Waals surface area (Å²) in [4.78, 5) is 10.9. The lowest BCUT2D eigenvalue weighted by molar-refractivity contribution is 0.232. The van der Waals surface area contributed by atoms with E-state index in [2.05, 4.69) is 34.0 Å². The quantitative estimate of drug-likeness (QED) is 0.714. The van der Waals surface area contributed by atoms with Crippen LogP contribution in [0.25, 0.3) is 0 Å². The molecule has 0 saturated heterocycles. The standard InChI is InChI=1S/C13H24N4O/c1-5-14-9-10-17(6-2)13-15-8-7-12(16-13)18-11(3)4/h7-8,11,14H,5-6,9-10H2,1-4H3. The number of rotatable bonds is 8. The summed E-state index contributed by atoms with van der Waals surface area (Å²) in [7, 11) is 0. The van der Waals surface area contributed by atoms with Crippen LogP contribution in [0.4, 0.5) is 5.95 Å². The minimum Gasteiger partial charge on any atom is -0.475 e. The first-order valence-electron chi connectivity index (χ1n) is 6.62. The minimum absolute atomic E-state index is 0.129. The minimum atomic E-state index is 0.129. The molecule has 0 atom stereocenters. The van der Waals surface area contributed by atoms with Crippen LogP contribution in [0.2, 0.25) is 0 Å². The number of nitrogens with zero attached hydrogens (tertiary/aromatic N) is 3. The van der Waals surface area contributed by atoms with E-state index in [0.29, 0.717) is 5.88 Å². The summed E-state index contributed by atoms with van der Waals surface area (Å²) in [6.07, 6.45) is 1.88. The Morgan fingerprint density at radius 2 is 2.17 bits per heavy atom. The fraction of sp³-hybridized carbons (Fsp3) is 0.692. The molecule has 18 heavy (non-hydrogen) atoms. The highest BCUT2D eigenvalue weighted by Crippen LogP contribution is 2.13. The predicted molar refractivity (Wildman–Crippen MR) is 74.2 cm³/mol. The van der Waals surface area contributed by atoms with Crippen molar-refractivity contribution >= 4 is 5.95 Å². The Morgan fingerprint density at radius 1 is 1.39 bits per heavy atom. The number of hydrogen-bond acceptors (Lipinski definition) is 5. The molecule has 0 radical (unpaired) electrons. The van der Waals surface area contributed by atoms with Crippen LogP contribution in [0.15, 0.2) is 12.3 Å². The Kier molecular flexibility index (Phi) is 6.43. The van der Waals surface area contributed by atoms with Gasteiger partial charge in [-0.3, -0.25) is 0 Å². The van der Waals surface area contributed by atoms with E-state index in [0.717, 1.165) is 32.1 Å². The topological polar surface area (TPSA) is 50.3 Å². The number of ether oxygens (including phenoxy) is 1. The highest BCUT2D eigenvalue weighted by atomic mass is 16.5. The average Bonchev–Trinajstić information content (AvgIpc) is 2.34. The van der Waals surface area contributed by atoms with Gasteiger partial charge >= 0.3 is 0 Å². The molecule has 1 aromatic rings. The normalized spacial score (nSPS) is 10.7. The predicted octanol–water partition coefficient (Wildman–Crippen LogP) is 1.70. The Labute approximate surface area is 110 Å². The molecule has 0 aliphatic heterocycles. The SMILES string of the molecule is CCNCCN(CC)c1nccc(OC(C)C)n1. The Bertz CT molecular complexity index is 344. The second kappa shape index (κ2) is 7.87. The van der Waals surface area contributed by atoms with Crippen molar-refractivity contribution in [3.8, 4) is 5.88 Å². The van der Waals surface area contributed by atoms with Crippen LogP contribution in [0.5, 0.6) is 5.88 Å². The molecule has 0 aliphatic rings. The Morgan fingerprint density at radius 3 is 2.78 bits per heavy atom. The lowest BCUT2D eigenvalue weighted by Gasteiger charge is -2.21. The van der Waals surface area contributed by atoms with E-state index < -0.39 is 0 Å². The van der Waals surface area contributed by atoms with Gasteiger partial charge in [-0.25, -0.2) is 4.98 Å². The number of nitrogens with one attached hydrogen (secondary N) is 1. The van der Waals surface area contributed by atoms with Crippen LogP contribution in [0.1, 0.15) is 27.7 Å². The summed E-state index contributed by atoms with van der Waals surface area (Å²) in [5.41, 5.74) is 0. The summed E-state index contributed by atoms with van der Waals surface area (Å²) in [6, 6.07) is 1.79. The van der Waals surface area contributed by atoms with Gasteiger partial charge < -0.3 is 15.0 Å². The summed E-state index contributed by atoms with van der Waals surface area (Å²) in [5, 5.41) is 3.30. The monoisotopic (exact) mass is 252 g/mol. The smallest absolute Gasteiger partial charge is 0.228 e. The molecule has 0 spiro atoms. The second-order valence-corrected chi connectivity index (χ2v) is 4.29. The summed E-state index contributed by atoms with van der Waals surface area (Å²) < 4.78 is 5.58. The van der Waals surface area contributed by atoms with Crippen molar-refractivity contribution in [2.24, 2.45) is 0 Å². The number of likely N-dealkylation sites (N-methyl/N-ethyl adjacent to an activating group) is 2. The maximum Gasteiger partial charge on any atom is 0.228 e. The van der Waals surface area contributed by atoms with Gasteiger partial charge in [0.2, 0.25) is 11.8 Å². The van der Waals surface area contributed by atoms with Gasteiger partial charge in [0.1, 0.15) is 0 Å². The lowest BCUT2D eigenvalue weighted by atomic mass is 10.4. The van der Waals surface area contributed by atoms with Crippen molar-refractivity contribution in [3.05, 3.63) is 12.3 Å². The third-order valence-corrected chi connectivity index (χ3v) is 2.45. The first-order chi connectivity index (χ1) is 8.67. The van der Waals surface area contributed by atoms with Crippen molar-refractivity contribution in [3.63, 3.8) is 0 Å². The Hall–Kier alpha value is -1.36. The molecule has 102 valence electrons. The Balaban J connectivity index is 2.66. The molecule has 0 aromatic carbocycles. The molecule has 0 amide bonds. The maximum atomic E-state index is 5.58. The molecule has 0 fully saturated rings. The van der Waals surface area contributed by atoms with E-state index in [9.17, 15) is 0 Å². The van der Waals surface area contributed by atoms with Crippen molar-refractivity contribution in [2.45, 2.75) is 33.8 Å². The molecule has 5 nitrogen and oxygen atoms in total. The molecular weight excluding hydrogens is 228 g/mol. The summed E-state index contributed by atoms with van der Waals surface area (Å²) >= 11 is 0. The third-order valence-electron chi connectivity index (χ3n) is 2.45. The average molecular weight is 252 g/mol. The van der Waals surface area contributed by atoms with Crippen LogP contribution in [0.3, 0.4) is 0 Å². The second-order valence-electron chi connectivity index (χ2n) is 4.29. The molecule has 1 rings (SSSR count). The zero-order valence-corrected chi connectivity index (χ0v) is 11.8. The van der Waals surface area contributed by atoms with Crippen molar-refractivity contribution < 1.29 is 4.74 Å². The van der Waals surface area contributed by atoms with Crippen LogP contribution < -0.4 is 15.0 Å². The van der Waals surface area contributed by atoms with Crippen molar-refractivity contribution in [2.75, 3.05) is 31.1 Å². The van der Waals surface area contributed by atoms with Gasteiger partial charge in [0.15, 0.2) is 0 Å². The molecule has 1 N–H and O–H groups in total. The largest absolute Gasteiger partial charge is 0.475 e. The highest BCUT2D eigenvalue weighted by molar-refractivity contribution is 5.31. The number of hydrogen-bond donors (Lipinski definition) is 1. The highest BCUT2D eigenvalue weighted by Gasteiger charge is 2.08. The van der Waals surface area contributed by atoms with E-state index in [1.165, 1.54) is 0 Å². The lowest BCUT2D eigenvalue weighted by Crippen LogP contribution is -2.33. The zero-order chi connectivity index (χ0) is 13.4. The number of anilines is 1. The van der Waals surface area contributed by atoms with E-state index in [4.69, 9.17) is 4.74 Å². The van der Waals surface area contributed by atoms with Crippen LogP contribution in [-0.4, -0.2) is 42.3 Å². The van der Waals surface area contributed by atoms with Crippen LogP contribution >= 0.6 is 0 Å². The molecule has 1 aromatic heterocycles. The maximum absolute atomic E-state index is 5.58. The van der Waals surface area contributed by atoms with E-state index in [1.54, 1.807) is 12.3 Å². The molecular formula is C13H24N4O. The molecule has 0 unspecified atom stereocenters. The van der Waals surface area contributed by atoms with Gasteiger partial charge in [-0.2, -0.15) is 4.98 Å². The van der Waals surface area contributed by atoms with E-state index in [1.807, 2.05) is 13.8 Å². The summed E-state index contributed by atoms with van der Waals surface area (Å²) in [5.74, 6) is 1.37. The van der Waals surface area contributed by atoms with Crippen LogP contribution in [0, 0.1) is 0 Å². The van der Waals surface area contributed by atoms with Crippen molar-refractivity contribution in [1.82, 2.24) is 15.3 Å². The molecule has 0 bridgehead atoms. The molecule has 5 heteroatoms. The van der Waals surface area contributed by atoms with Crippen LogP contribution in [-0.2, 0) is 0 Å². The van der Waals surface area contributed by atoms with Gasteiger partial charge in [-0.05, 0) is 27.3 Å². The van der Waals surface area contributed by atoms with Gasteiger partial charge in [0.05, 0.1) is 6.10 Å². The van der Waals surface area contributed by atoms with E-state index >= 15 is 0 Å². The van der Waals surface area contributed by atoms with E-state index in [-0.39, 0.29) is 6.10 Å². The van der Waals surface area contributed by atoms with Gasteiger partial charge in [0, 0.05) is 31.9 Å². The van der Waals surface area contributed by atoms with Crippen molar-refractivity contribution in [1.29, 1.82) is 0 Å².